The van der Waals surface area contributed by atoms with Crippen LogP contribution in [0.15, 0.2) is 22.7 Å². The van der Waals surface area contributed by atoms with E-state index in [1.807, 2.05) is 22.8 Å². The molecule has 0 aliphatic carbocycles. The smallest absolute Gasteiger partial charge is 0.165 e. The minimum absolute atomic E-state index is 0.339. The van der Waals surface area contributed by atoms with E-state index in [2.05, 4.69) is 40.0 Å². The quantitative estimate of drug-likeness (QED) is 0.734. The summed E-state index contributed by atoms with van der Waals surface area (Å²) in [7, 11) is 0. The second-order valence-electron chi connectivity index (χ2n) is 4.68. The van der Waals surface area contributed by atoms with E-state index in [0.717, 1.165) is 28.2 Å². The van der Waals surface area contributed by atoms with Crippen LogP contribution in [0, 0.1) is 5.92 Å². The zero-order valence-corrected chi connectivity index (χ0v) is 13.8. The number of nitrogens with zero attached hydrogens (tertiary/aromatic N) is 3. The van der Waals surface area contributed by atoms with Crippen molar-refractivity contribution in [1.82, 2.24) is 14.8 Å². The molecule has 0 bridgehead atoms. The van der Waals surface area contributed by atoms with Crippen molar-refractivity contribution in [3.8, 4) is 11.4 Å². The lowest BCUT2D eigenvalue weighted by molar-refractivity contribution is 0.515. The molecule has 1 aromatic heterocycles. The predicted octanol–water partition coefficient (Wildman–Crippen LogP) is 4.76. The Hall–Kier alpha value is -0.580. The van der Waals surface area contributed by atoms with E-state index in [1.165, 1.54) is 0 Å². The number of rotatable bonds is 4. The van der Waals surface area contributed by atoms with Crippen molar-refractivity contribution in [2.24, 2.45) is 5.92 Å². The average molecular weight is 363 g/mol. The first-order chi connectivity index (χ1) is 9.04. The number of hydrogen-bond acceptors (Lipinski definition) is 2. The van der Waals surface area contributed by atoms with Gasteiger partial charge in [0.1, 0.15) is 5.82 Å². The summed E-state index contributed by atoms with van der Waals surface area (Å²) in [5, 5.41) is 9.02. The zero-order chi connectivity index (χ0) is 14.0. The van der Waals surface area contributed by atoms with Gasteiger partial charge in [-0.15, -0.1) is 21.8 Å². The van der Waals surface area contributed by atoms with E-state index in [1.54, 1.807) is 0 Å². The lowest BCUT2D eigenvalue weighted by Gasteiger charge is -2.13. The zero-order valence-electron chi connectivity index (χ0n) is 10.7. The summed E-state index contributed by atoms with van der Waals surface area (Å²) in [6.45, 7) is 5.10. The third-order valence-corrected chi connectivity index (χ3v) is 4.22. The fraction of sp³-hybridized carbons (Fsp3) is 0.385. The minimum Gasteiger partial charge on any atom is -0.310 e. The molecular weight excluding hydrogens is 349 g/mol. The van der Waals surface area contributed by atoms with Gasteiger partial charge in [-0.25, -0.2) is 0 Å². The van der Waals surface area contributed by atoms with Crippen molar-refractivity contribution >= 4 is 39.1 Å². The summed E-state index contributed by atoms with van der Waals surface area (Å²) < 4.78 is 2.88. The second kappa shape index (κ2) is 6.25. The van der Waals surface area contributed by atoms with Crippen LogP contribution in [0.1, 0.15) is 19.7 Å². The highest BCUT2D eigenvalue weighted by Gasteiger charge is 2.17. The molecule has 1 aromatic carbocycles. The van der Waals surface area contributed by atoms with Gasteiger partial charge in [-0.05, 0) is 34.0 Å². The maximum atomic E-state index is 6.33. The Morgan fingerprint density at radius 2 is 2.05 bits per heavy atom. The van der Waals surface area contributed by atoms with Crippen LogP contribution < -0.4 is 0 Å². The van der Waals surface area contributed by atoms with Crippen LogP contribution in [0.5, 0.6) is 0 Å². The lowest BCUT2D eigenvalue weighted by Crippen LogP contribution is -2.09. The molecule has 3 nitrogen and oxygen atoms in total. The molecule has 0 N–H and O–H groups in total. The molecule has 0 amide bonds. The standard InChI is InChI=1S/C13H14BrCl2N3/c1-8(2)7-19-11(6-15)17-18-13(19)9-4-3-5-10(14)12(9)16/h3-5,8H,6-7H2,1-2H3. The van der Waals surface area contributed by atoms with E-state index in [-0.39, 0.29) is 0 Å². The van der Waals surface area contributed by atoms with Gasteiger partial charge in [-0.1, -0.05) is 31.5 Å². The van der Waals surface area contributed by atoms with Gasteiger partial charge in [0.2, 0.25) is 0 Å². The van der Waals surface area contributed by atoms with Gasteiger partial charge in [0.25, 0.3) is 0 Å². The van der Waals surface area contributed by atoms with Crippen molar-refractivity contribution in [3.05, 3.63) is 33.5 Å². The molecule has 0 unspecified atom stereocenters. The Labute approximate surface area is 131 Å². The molecule has 0 aliphatic heterocycles. The van der Waals surface area contributed by atoms with Crippen molar-refractivity contribution in [3.63, 3.8) is 0 Å². The number of aromatic nitrogens is 3. The van der Waals surface area contributed by atoms with Crippen LogP contribution in [0.25, 0.3) is 11.4 Å². The topological polar surface area (TPSA) is 30.7 Å². The van der Waals surface area contributed by atoms with Crippen LogP contribution in [0.2, 0.25) is 5.02 Å². The summed E-state index contributed by atoms with van der Waals surface area (Å²) in [6.07, 6.45) is 0. The largest absolute Gasteiger partial charge is 0.310 e. The van der Waals surface area contributed by atoms with E-state index < -0.39 is 0 Å². The highest BCUT2D eigenvalue weighted by atomic mass is 79.9. The maximum absolute atomic E-state index is 6.33. The molecular formula is C13H14BrCl2N3. The van der Waals surface area contributed by atoms with Gasteiger partial charge in [-0.2, -0.15) is 0 Å². The number of benzene rings is 1. The molecule has 0 fully saturated rings. The fourth-order valence-electron chi connectivity index (χ4n) is 1.87. The molecule has 0 radical (unpaired) electrons. The molecule has 19 heavy (non-hydrogen) atoms. The number of hydrogen-bond donors (Lipinski definition) is 0. The molecule has 2 rings (SSSR count). The van der Waals surface area contributed by atoms with Crippen LogP contribution in [-0.2, 0) is 12.4 Å². The van der Waals surface area contributed by atoms with Crippen molar-refractivity contribution in [1.29, 1.82) is 0 Å². The number of halogens is 3. The minimum atomic E-state index is 0.339. The van der Waals surface area contributed by atoms with Gasteiger partial charge in [0.15, 0.2) is 5.82 Å². The number of alkyl halides is 1. The van der Waals surface area contributed by atoms with Gasteiger partial charge in [-0.3, -0.25) is 0 Å². The Kier molecular flexibility index (Phi) is 4.87. The van der Waals surface area contributed by atoms with Crippen molar-refractivity contribution in [2.75, 3.05) is 0 Å². The van der Waals surface area contributed by atoms with Crippen LogP contribution in [0.4, 0.5) is 0 Å². The van der Waals surface area contributed by atoms with Gasteiger partial charge >= 0.3 is 0 Å². The van der Waals surface area contributed by atoms with Crippen LogP contribution in [-0.4, -0.2) is 14.8 Å². The lowest BCUT2D eigenvalue weighted by atomic mass is 10.2. The molecule has 0 saturated heterocycles. The van der Waals surface area contributed by atoms with E-state index in [9.17, 15) is 0 Å². The summed E-state index contributed by atoms with van der Waals surface area (Å²) in [5.74, 6) is 2.34. The highest BCUT2D eigenvalue weighted by molar-refractivity contribution is 9.10. The third-order valence-electron chi connectivity index (χ3n) is 2.69. The van der Waals surface area contributed by atoms with Crippen molar-refractivity contribution in [2.45, 2.75) is 26.3 Å². The van der Waals surface area contributed by atoms with Gasteiger partial charge < -0.3 is 4.57 Å². The van der Waals surface area contributed by atoms with E-state index in [0.29, 0.717) is 16.8 Å². The molecule has 102 valence electrons. The van der Waals surface area contributed by atoms with Crippen LogP contribution >= 0.6 is 39.1 Å². The Bertz CT molecular complexity index is 581. The van der Waals surface area contributed by atoms with Crippen LogP contribution in [0.3, 0.4) is 0 Å². The van der Waals surface area contributed by atoms with E-state index >= 15 is 0 Å². The Balaban J connectivity index is 2.55. The third kappa shape index (κ3) is 3.12. The summed E-state index contributed by atoms with van der Waals surface area (Å²) >= 11 is 15.7. The molecule has 2 aromatic rings. The molecule has 1 heterocycles. The molecule has 0 spiro atoms. The highest BCUT2D eigenvalue weighted by Crippen LogP contribution is 2.33. The Morgan fingerprint density at radius 3 is 2.68 bits per heavy atom. The molecule has 6 heteroatoms. The summed E-state index contributed by atoms with van der Waals surface area (Å²) in [4.78, 5) is 0. The second-order valence-corrected chi connectivity index (χ2v) is 6.18. The predicted molar refractivity (Wildman–Crippen MR) is 82.6 cm³/mol. The van der Waals surface area contributed by atoms with E-state index in [4.69, 9.17) is 23.2 Å². The first kappa shape index (κ1) is 14.8. The van der Waals surface area contributed by atoms with Gasteiger partial charge in [0, 0.05) is 16.6 Å². The molecule has 0 saturated carbocycles. The molecule has 0 aliphatic rings. The monoisotopic (exact) mass is 361 g/mol. The summed E-state index contributed by atoms with van der Waals surface area (Å²) in [5.41, 5.74) is 0.862. The average Bonchev–Trinajstić information content (AvgIpc) is 2.75. The first-order valence-electron chi connectivity index (χ1n) is 5.97. The first-order valence-corrected chi connectivity index (χ1v) is 7.67. The fourth-order valence-corrected chi connectivity index (χ4v) is 2.64. The SMILES string of the molecule is CC(C)Cn1c(CCl)nnc1-c1cccc(Br)c1Cl. The molecule has 0 atom stereocenters. The normalized spacial score (nSPS) is 11.3. The van der Waals surface area contributed by atoms with Crippen molar-refractivity contribution < 1.29 is 0 Å². The Morgan fingerprint density at radius 1 is 1.32 bits per heavy atom. The summed E-state index contributed by atoms with van der Waals surface area (Å²) in [6, 6.07) is 5.77. The maximum Gasteiger partial charge on any atom is 0.165 e. The van der Waals surface area contributed by atoms with Gasteiger partial charge in [0.05, 0.1) is 10.9 Å².